The molecule has 0 saturated carbocycles. The molecule has 9 nitrogen and oxygen atoms in total. The highest BCUT2D eigenvalue weighted by Crippen LogP contribution is 2.27. The van der Waals surface area contributed by atoms with Crippen LogP contribution in [0.5, 0.6) is 0 Å². The third-order valence-corrected chi connectivity index (χ3v) is 4.76. The van der Waals surface area contributed by atoms with Gasteiger partial charge in [0.05, 0.1) is 38.2 Å². The van der Waals surface area contributed by atoms with Gasteiger partial charge >= 0.3 is 5.97 Å². The average molecular weight is 372 g/mol. The average Bonchev–Trinajstić information content (AvgIpc) is 3.36. The fourth-order valence-corrected chi connectivity index (χ4v) is 3.41. The highest BCUT2D eigenvalue weighted by molar-refractivity contribution is 5.95. The van der Waals surface area contributed by atoms with Gasteiger partial charge in [-0.3, -0.25) is 9.69 Å². The summed E-state index contributed by atoms with van der Waals surface area (Å²) >= 11 is 0. The number of hydrogen-bond acceptors (Lipinski definition) is 7. The van der Waals surface area contributed by atoms with Crippen LogP contribution in [-0.2, 0) is 16.0 Å². The number of carbonyl (C=O) groups is 1. The molecule has 27 heavy (non-hydrogen) atoms. The molecule has 142 valence electrons. The van der Waals surface area contributed by atoms with Gasteiger partial charge in [-0.25, -0.2) is 9.89 Å². The van der Waals surface area contributed by atoms with Crippen LogP contribution in [0.2, 0.25) is 0 Å². The number of nitrogens with zero attached hydrogens (tertiary/aromatic N) is 3. The van der Waals surface area contributed by atoms with Crippen molar-refractivity contribution >= 4 is 5.97 Å². The van der Waals surface area contributed by atoms with Gasteiger partial charge in [-0.2, -0.15) is 5.10 Å². The Morgan fingerprint density at radius 2 is 2.19 bits per heavy atom. The highest BCUT2D eigenvalue weighted by atomic mass is 16.5. The zero-order valence-electron chi connectivity index (χ0n) is 14.9. The first kappa shape index (κ1) is 17.5. The maximum atomic E-state index is 12.2. The molecule has 1 aromatic heterocycles. The van der Waals surface area contributed by atoms with E-state index in [1.54, 1.807) is 18.7 Å². The Labute approximate surface area is 154 Å². The van der Waals surface area contributed by atoms with Crippen LogP contribution in [0.4, 0.5) is 0 Å². The third kappa shape index (κ3) is 3.38. The second-order valence-corrected chi connectivity index (χ2v) is 6.35. The summed E-state index contributed by atoms with van der Waals surface area (Å²) in [7, 11) is 1.30. The predicted octanol–water partition coefficient (Wildman–Crippen LogP) is 1.13. The molecule has 0 radical (unpaired) electrons. The van der Waals surface area contributed by atoms with Crippen molar-refractivity contribution in [1.29, 1.82) is 0 Å². The number of aromatic amines is 1. The van der Waals surface area contributed by atoms with Crippen LogP contribution in [0, 0.1) is 0 Å². The second-order valence-electron chi connectivity index (χ2n) is 6.35. The number of carbonyl (C=O) groups excluding carboxylic acids is 1. The van der Waals surface area contributed by atoms with E-state index in [-0.39, 0.29) is 17.2 Å². The molecular weight excluding hydrogens is 352 g/mol. The zero-order chi connectivity index (χ0) is 18.8. The number of hydrogen-bond donors (Lipinski definition) is 1. The molecule has 9 heteroatoms. The van der Waals surface area contributed by atoms with Crippen molar-refractivity contribution < 1.29 is 18.7 Å². The second kappa shape index (κ2) is 7.37. The standard InChI is InChI=1S/C18H20N4O5/c1-25-18(24)13-10-21(9-12-16(13)19-20-17(12)23)11-14(15-3-2-6-27-15)22-4-7-26-8-5-22/h2-3,6,9-10,14H,4-5,7-8,11H2,1H3,(H,20,23)/t14-/m1/s1. The summed E-state index contributed by atoms with van der Waals surface area (Å²) in [5, 5.41) is 6.35. The molecule has 0 aromatic carbocycles. The van der Waals surface area contributed by atoms with E-state index in [0.29, 0.717) is 31.0 Å². The van der Waals surface area contributed by atoms with Gasteiger partial charge in [0.15, 0.2) is 0 Å². The number of pyridine rings is 1. The van der Waals surface area contributed by atoms with Crippen LogP contribution in [0.3, 0.4) is 0 Å². The van der Waals surface area contributed by atoms with Crippen molar-refractivity contribution in [2.24, 2.45) is 0 Å². The lowest BCUT2D eigenvalue weighted by molar-refractivity contribution is 0.00746. The fraction of sp³-hybridized carbons (Fsp3) is 0.389. The van der Waals surface area contributed by atoms with Crippen molar-refractivity contribution in [1.82, 2.24) is 19.7 Å². The Balaban J connectivity index is 1.73. The SMILES string of the molecule is COC(=O)c1cn(C[C@H](c2ccco2)N2CCOCC2)cc2c(=O)[nH]nc1-2. The lowest BCUT2D eigenvalue weighted by Crippen LogP contribution is -2.40. The molecule has 0 amide bonds. The van der Waals surface area contributed by atoms with E-state index >= 15 is 0 Å². The number of furan rings is 1. The first-order valence-electron chi connectivity index (χ1n) is 8.69. The summed E-state index contributed by atoms with van der Waals surface area (Å²) in [6.07, 6.45) is 5.00. The van der Waals surface area contributed by atoms with Gasteiger partial charge in [-0.15, -0.1) is 0 Å². The van der Waals surface area contributed by atoms with Crippen molar-refractivity contribution in [3.8, 4) is 11.3 Å². The minimum absolute atomic E-state index is 0.0566. The molecule has 0 unspecified atom stereocenters. The highest BCUT2D eigenvalue weighted by Gasteiger charge is 2.27. The quantitative estimate of drug-likeness (QED) is 0.670. The van der Waals surface area contributed by atoms with Crippen LogP contribution in [0.15, 0.2) is 40.0 Å². The Bertz CT molecular complexity index is 939. The monoisotopic (exact) mass is 372 g/mol. The van der Waals surface area contributed by atoms with Crippen LogP contribution < -0.4 is 5.56 Å². The summed E-state index contributed by atoms with van der Waals surface area (Å²) in [6, 6.07) is 3.72. The molecule has 1 saturated heterocycles. The Kier molecular flexibility index (Phi) is 4.78. The van der Waals surface area contributed by atoms with Crippen LogP contribution in [-0.4, -0.2) is 59.0 Å². The molecule has 3 aliphatic rings. The Hall–Kier alpha value is -2.91. The first-order valence-corrected chi connectivity index (χ1v) is 8.69. The maximum absolute atomic E-state index is 12.2. The van der Waals surface area contributed by atoms with Gasteiger partial charge in [0, 0.05) is 32.0 Å². The molecular formula is C18H20N4O5. The van der Waals surface area contributed by atoms with Crippen molar-refractivity contribution in [2.45, 2.75) is 12.6 Å². The number of methoxy groups -OCH3 is 1. The van der Waals surface area contributed by atoms with E-state index in [0.717, 1.165) is 18.8 Å². The normalized spacial score (nSPS) is 16.5. The molecule has 1 N–H and O–H groups in total. The van der Waals surface area contributed by atoms with Gasteiger partial charge in [0.25, 0.3) is 5.56 Å². The molecule has 3 aliphatic heterocycles. The number of rotatable bonds is 5. The largest absolute Gasteiger partial charge is 0.468 e. The van der Waals surface area contributed by atoms with Crippen LogP contribution >= 0.6 is 0 Å². The molecule has 1 fully saturated rings. The number of nitrogens with one attached hydrogen (secondary N) is 1. The lowest BCUT2D eigenvalue weighted by Gasteiger charge is -2.33. The number of aromatic nitrogens is 3. The third-order valence-electron chi connectivity index (χ3n) is 4.76. The van der Waals surface area contributed by atoms with E-state index in [2.05, 4.69) is 15.1 Å². The van der Waals surface area contributed by atoms with Crippen molar-refractivity contribution in [2.75, 3.05) is 33.4 Å². The predicted molar refractivity (Wildman–Crippen MR) is 94.7 cm³/mol. The summed E-state index contributed by atoms with van der Waals surface area (Å²) < 4.78 is 17.8. The number of esters is 1. The van der Waals surface area contributed by atoms with E-state index in [9.17, 15) is 9.59 Å². The van der Waals surface area contributed by atoms with Gasteiger partial charge in [-0.05, 0) is 12.1 Å². The first-order chi connectivity index (χ1) is 13.2. The Morgan fingerprint density at radius 1 is 1.37 bits per heavy atom. The van der Waals surface area contributed by atoms with Gasteiger partial charge in [0.1, 0.15) is 17.0 Å². The van der Waals surface area contributed by atoms with E-state index in [1.165, 1.54) is 7.11 Å². The summed E-state index contributed by atoms with van der Waals surface area (Å²) in [4.78, 5) is 26.5. The fourth-order valence-electron chi connectivity index (χ4n) is 3.41. The number of fused-ring (bicyclic) bond motifs is 1. The van der Waals surface area contributed by atoms with Gasteiger partial charge in [0.2, 0.25) is 0 Å². The molecule has 0 bridgehead atoms. The topological polar surface area (TPSA) is 103 Å². The van der Waals surface area contributed by atoms with Gasteiger partial charge < -0.3 is 18.5 Å². The molecule has 1 atom stereocenters. The van der Waals surface area contributed by atoms with E-state index in [1.807, 2.05) is 16.7 Å². The minimum atomic E-state index is -0.540. The molecule has 1 aromatic rings. The smallest absolute Gasteiger partial charge is 0.341 e. The molecule has 4 rings (SSSR count). The van der Waals surface area contributed by atoms with Crippen molar-refractivity contribution in [3.63, 3.8) is 0 Å². The molecule has 4 heterocycles. The van der Waals surface area contributed by atoms with Crippen LogP contribution in [0.1, 0.15) is 22.2 Å². The Morgan fingerprint density at radius 3 is 2.89 bits per heavy atom. The lowest BCUT2D eigenvalue weighted by atomic mass is 10.1. The number of ether oxygens (including phenoxy) is 2. The summed E-state index contributed by atoms with van der Waals surface area (Å²) in [5.74, 6) is 0.278. The molecule has 0 aliphatic carbocycles. The maximum Gasteiger partial charge on any atom is 0.341 e. The van der Waals surface area contributed by atoms with E-state index in [4.69, 9.17) is 13.9 Å². The summed E-state index contributed by atoms with van der Waals surface area (Å²) in [6.45, 7) is 3.35. The number of morpholine rings is 1. The van der Waals surface area contributed by atoms with E-state index < -0.39 is 5.97 Å². The minimum Gasteiger partial charge on any atom is -0.468 e. The van der Waals surface area contributed by atoms with Crippen molar-refractivity contribution in [3.05, 3.63) is 52.5 Å². The van der Waals surface area contributed by atoms with Gasteiger partial charge in [-0.1, -0.05) is 0 Å². The molecule has 0 spiro atoms. The summed E-state index contributed by atoms with van der Waals surface area (Å²) in [5.41, 5.74) is 0.557. The number of H-pyrrole nitrogens is 1. The van der Waals surface area contributed by atoms with Crippen LogP contribution in [0.25, 0.3) is 11.3 Å². The zero-order valence-corrected chi connectivity index (χ0v) is 14.9.